The number of halogens is 5. The van der Waals surface area contributed by atoms with Crippen molar-refractivity contribution in [2.24, 2.45) is 0 Å². The SMILES string of the molecule is O=C(Nc1ccc(Cl)cc1)C(=O)Nc1ccc(Cl)c(C(F)(F)F)c1. The smallest absolute Gasteiger partial charge is 0.318 e. The highest BCUT2D eigenvalue weighted by Gasteiger charge is 2.33. The normalized spacial score (nSPS) is 11.0. The molecule has 24 heavy (non-hydrogen) atoms. The molecule has 0 heterocycles. The molecular weight excluding hydrogens is 368 g/mol. The van der Waals surface area contributed by atoms with Crippen molar-refractivity contribution in [3.8, 4) is 0 Å². The first-order chi connectivity index (χ1) is 11.2. The van der Waals surface area contributed by atoms with Crippen molar-refractivity contribution in [2.75, 3.05) is 10.6 Å². The number of anilines is 2. The molecule has 2 rings (SSSR count). The minimum absolute atomic E-state index is 0.206. The molecule has 2 aromatic rings. The maximum Gasteiger partial charge on any atom is 0.417 e. The van der Waals surface area contributed by atoms with Crippen LogP contribution in [0, 0.1) is 0 Å². The minimum atomic E-state index is -4.68. The Labute approximate surface area is 144 Å². The summed E-state index contributed by atoms with van der Waals surface area (Å²) >= 11 is 11.2. The van der Waals surface area contributed by atoms with E-state index < -0.39 is 28.6 Å². The van der Waals surface area contributed by atoms with Gasteiger partial charge in [-0.1, -0.05) is 23.2 Å². The van der Waals surface area contributed by atoms with Crippen molar-refractivity contribution in [2.45, 2.75) is 6.18 Å². The van der Waals surface area contributed by atoms with E-state index in [1.54, 1.807) is 0 Å². The molecule has 0 radical (unpaired) electrons. The van der Waals surface area contributed by atoms with E-state index in [1.807, 2.05) is 0 Å². The summed E-state index contributed by atoms with van der Waals surface area (Å²) < 4.78 is 38.3. The number of alkyl halides is 3. The lowest BCUT2D eigenvalue weighted by molar-refractivity contribution is -0.137. The molecule has 0 unspecified atom stereocenters. The average molecular weight is 377 g/mol. The topological polar surface area (TPSA) is 58.2 Å². The van der Waals surface area contributed by atoms with Crippen LogP contribution in [0.15, 0.2) is 42.5 Å². The first kappa shape index (κ1) is 18.1. The average Bonchev–Trinajstić information content (AvgIpc) is 2.50. The first-order valence-electron chi connectivity index (χ1n) is 6.41. The Morgan fingerprint density at radius 3 is 1.88 bits per heavy atom. The van der Waals surface area contributed by atoms with Gasteiger partial charge in [0, 0.05) is 16.4 Å². The lowest BCUT2D eigenvalue weighted by Crippen LogP contribution is -2.29. The van der Waals surface area contributed by atoms with E-state index in [9.17, 15) is 22.8 Å². The standard InChI is InChI=1S/C15H9Cl2F3N2O2/c16-8-1-3-9(4-2-8)21-13(23)14(24)22-10-5-6-12(17)11(7-10)15(18,19)20/h1-7H,(H,21,23)(H,22,24). The van der Waals surface area contributed by atoms with Crippen LogP contribution in [0.5, 0.6) is 0 Å². The summed E-state index contributed by atoms with van der Waals surface area (Å²) in [6, 6.07) is 8.74. The fourth-order valence-corrected chi connectivity index (χ4v) is 2.08. The van der Waals surface area contributed by atoms with Crippen LogP contribution < -0.4 is 10.6 Å². The quantitative estimate of drug-likeness (QED) is 0.753. The molecule has 0 aliphatic heterocycles. The van der Waals surface area contributed by atoms with E-state index >= 15 is 0 Å². The minimum Gasteiger partial charge on any atom is -0.318 e. The van der Waals surface area contributed by atoms with Gasteiger partial charge < -0.3 is 10.6 Å². The fourth-order valence-electron chi connectivity index (χ4n) is 1.73. The van der Waals surface area contributed by atoms with Gasteiger partial charge in [-0.15, -0.1) is 0 Å². The van der Waals surface area contributed by atoms with Crippen molar-refractivity contribution < 1.29 is 22.8 Å². The second kappa shape index (κ2) is 7.11. The van der Waals surface area contributed by atoms with Gasteiger partial charge in [0.05, 0.1) is 10.6 Å². The second-order valence-electron chi connectivity index (χ2n) is 4.61. The van der Waals surface area contributed by atoms with Crippen LogP contribution >= 0.6 is 23.2 Å². The third-order valence-electron chi connectivity index (χ3n) is 2.84. The Bertz CT molecular complexity index is 777. The number of hydrogen-bond donors (Lipinski definition) is 2. The molecule has 0 aromatic heterocycles. The van der Waals surface area contributed by atoms with Crippen LogP contribution in [0.3, 0.4) is 0 Å². The van der Waals surface area contributed by atoms with Crippen LogP contribution in [-0.2, 0) is 15.8 Å². The number of carbonyl (C=O) groups is 2. The van der Waals surface area contributed by atoms with Crippen LogP contribution in [-0.4, -0.2) is 11.8 Å². The number of hydrogen-bond acceptors (Lipinski definition) is 2. The molecule has 2 N–H and O–H groups in total. The summed E-state index contributed by atoms with van der Waals surface area (Å²) in [5.74, 6) is -2.17. The van der Waals surface area contributed by atoms with Gasteiger partial charge in [-0.25, -0.2) is 0 Å². The van der Waals surface area contributed by atoms with E-state index in [1.165, 1.54) is 24.3 Å². The van der Waals surface area contributed by atoms with Gasteiger partial charge in [0.15, 0.2) is 0 Å². The maximum atomic E-state index is 12.8. The van der Waals surface area contributed by atoms with Crippen LogP contribution in [0.4, 0.5) is 24.5 Å². The van der Waals surface area contributed by atoms with E-state index in [-0.39, 0.29) is 5.69 Å². The van der Waals surface area contributed by atoms with Crippen molar-refractivity contribution in [1.29, 1.82) is 0 Å². The molecule has 2 aromatic carbocycles. The Balaban J connectivity index is 2.09. The highest BCUT2D eigenvalue weighted by atomic mass is 35.5. The zero-order valence-corrected chi connectivity index (χ0v) is 13.3. The molecule has 0 saturated carbocycles. The van der Waals surface area contributed by atoms with E-state index in [0.717, 1.165) is 12.1 Å². The first-order valence-corrected chi connectivity index (χ1v) is 7.17. The van der Waals surface area contributed by atoms with Crippen LogP contribution in [0.1, 0.15) is 5.56 Å². The summed E-state index contributed by atoms with van der Waals surface area (Å²) in [4.78, 5) is 23.5. The van der Waals surface area contributed by atoms with Crippen LogP contribution in [0.25, 0.3) is 0 Å². The summed E-state index contributed by atoms with van der Waals surface area (Å²) in [5.41, 5.74) is -1.00. The van der Waals surface area contributed by atoms with E-state index in [2.05, 4.69) is 10.6 Å². The van der Waals surface area contributed by atoms with Crippen molar-refractivity contribution in [3.05, 3.63) is 58.1 Å². The monoisotopic (exact) mass is 376 g/mol. The maximum absolute atomic E-state index is 12.8. The molecule has 0 saturated heterocycles. The summed E-state index contributed by atoms with van der Waals surface area (Å²) in [6.07, 6.45) is -4.68. The van der Waals surface area contributed by atoms with Gasteiger partial charge in [-0.05, 0) is 42.5 Å². The van der Waals surface area contributed by atoms with Crippen molar-refractivity contribution in [1.82, 2.24) is 0 Å². The predicted octanol–water partition coefficient (Wildman–Crippen LogP) is 4.59. The molecule has 0 atom stereocenters. The fraction of sp³-hybridized carbons (Fsp3) is 0.0667. The molecule has 9 heteroatoms. The third-order valence-corrected chi connectivity index (χ3v) is 3.42. The Morgan fingerprint density at radius 2 is 1.33 bits per heavy atom. The Morgan fingerprint density at radius 1 is 0.833 bits per heavy atom. The van der Waals surface area contributed by atoms with Crippen LogP contribution in [0.2, 0.25) is 10.0 Å². The lowest BCUT2D eigenvalue weighted by Gasteiger charge is -2.11. The van der Waals surface area contributed by atoms with E-state index in [4.69, 9.17) is 23.2 Å². The number of rotatable bonds is 2. The Kier molecular flexibility index (Phi) is 5.36. The molecule has 0 spiro atoms. The summed E-state index contributed by atoms with van der Waals surface area (Å²) in [5, 5.41) is 4.30. The number of nitrogens with one attached hydrogen (secondary N) is 2. The number of benzene rings is 2. The zero-order chi connectivity index (χ0) is 17.9. The van der Waals surface area contributed by atoms with Crippen molar-refractivity contribution >= 4 is 46.4 Å². The van der Waals surface area contributed by atoms with Gasteiger partial charge in [0.25, 0.3) is 0 Å². The Hall–Kier alpha value is -2.25. The lowest BCUT2D eigenvalue weighted by atomic mass is 10.2. The molecule has 0 fully saturated rings. The molecule has 0 bridgehead atoms. The third kappa shape index (κ3) is 4.62. The zero-order valence-electron chi connectivity index (χ0n) is 11.7. The largest absolute Gasteiger partial charge is 0.417 e. The second-order valence-corrected chi connectivity index (χ2v) is 5.45. The van der Waals surface area contributed by atoms with Gasteiger partial charge in [-0.2, -0.15) is 13.2 Å². The number of carbonyl (C=O) groups excluding carboxylic acids is 2. The number of amides is 2. The van der Waals surface area contributed by atoms with Gasteiger partial charge in [0.2, 0.25) is 0 Å². The molecule has 2 amide bonds. The van der Waals surface area contributed by atoms with Gasteiger partial charge >= 0.3 is 18.0 Å². The summed E-state index contributed by atoms with van der Waals surface area (Å²) in [7, 11) is 0. The van der Waals surface area contributed by atoms with E-state index in [0.29, 0.717) is 16.8 Å². The predicted molar refractivity (Wildman–Crippen MR) is 85.2 cm³/mol. The molecule has 0 aliphatic carbocycles. The highest BCUT2D eigenvalue weighted by Crippen LogP contribution is 2.36. The molecule has 4 nitrogen and oxygen atoms in total. The molecular formula is C15H9Cl2F3N2O2. The van der Waals surface area contributed by atoms with Gasteiger partial charge in [-0.3, -0.25) is 9.59 Å². The summed E-state index contributed by atoms with van der Waals surface area (Å²) in [6.45, 7) is 0. The molecule has 126 valence electrons. The molecule has 0 aliphatic rings. The highest BCUT2D eigenvalue weighted by molar-refractivity contribution is 6.43. The van der Waals surface area contributed by atoms with Gasteiger partial charge in [0.1, 0.15) is 0 Å². The van der Waals surface area contributed by atoms with Crippen molar-refractivity contribution in [3.63, 3.8) is 0 Å².